The fourth-order valence-electron chi connectivity index (χ4n) is 2.37. The summed E-state index contributed by atoms with van der Waals surface area (Å²) < 4.78 is 5.07. The van der Waals surface area contributed by atoms with Crippen molar-refractivity contribution in [2.45, 2.75) is 5.79 Å². The molecule has 0 aromatic heterocycles. The molecule has 0 amide bonds. The number of rotatable bonds is 2. The molecular weight excluding hydrogens is 272 g/mol. The Balaban J connectivity index is 2.07. The van der Waals surface area contributed by atoms with Crippen LogP contribution in [-0.2, 0) is 0 Å². The number of aliphatic hydroxyl groups is 2. The first-order valence-corrected chi connectivity index (χ1v) is 6.28. The van der Waals surface area contributed by atoms with Gasteiger partial charge in [-0.3, -0.25) is 9.59 Å². The average molecular weight is 284 g/mol. The van der Waals surface area contributed by atoms with E-state index in [1.807, 2.05) is 12.1 Å². The third kappa shape index (κ3) is 1.94. The van der Waals surface area contributed by atoms with E-state index in [2.05, 4.69) is 0 Å². The van der Waals surface area contributed by atoms with Crippen LogP contribution in [0.25, 0.3) is 11.1 Å². The topological polar surface area (TPSA) is 83.8 Å². The molecule has 3 rings (SSSR count). The molecule has 5 heteroatoms. The summed E-state index contributed by atoms with van der Waals surface area (Å²) in [6.07, 6.45) is 0. The zero-order valence-corrected chi connectivity index (χ0v) is 11.2. The zero-order valence-electron chi connectivity index (χ0n) is 11.2. The number of hydrogen-bond donors (Lipinski definition) is 2. The van der Waals surface area contributed by atoms with Crippen molar-refractivity contribution in [3.63, 3.8) is 0 Å². The Morgan fingerprint density at radius 2 is 1.43 bits per heavy atom. The molecule has 1 aliphatic carbocycles. The average Bonchev–Trinajstić information content (AvgIpc) is 2.68. The van der Waals surface area contributed by atoms with Crippen LogP contribution >= 0.6 is 0 Å². The quantitative estimate of drug-likeness (QED) is 0.643. The highest BCUT2D eigenvalue weighted by atomic mass is 16.5. The number of methoxy groups -OCH3 is 1. The maximum atomic E-state index is 11.9. The normalized spacial score (nSPS) is 16.0. The summed E-state index contributed by atoms with van der Waals surface area (Å²) >= 11 is 0. The molecular formula is C16H12O5. The Kier molecular flexibility index (Phi) is 2.90. The molecule has 0 saturated heterocycles. The molecule has 0 heterocycles. The van der Waals surface area contributed by atoms with E-state index in [1.54, 1.807) is 25.3 Å². The van der Waals surface area contributed by atoms with Crippen LogP contribution in [0, 0.1) is 0 Å². The van der Waals surface area contributed by atoms with Gasteiger partial charge in [0, 0.05) is 11.1 Å². The SMILES string of the molecule is COc1ccc(-c2ccc3c(c2)C(=O)C(O)(O)C3=O)cc1. The van der Waals surface area contributed by atoms with Gasteiger partial charge in [0.1, 0.15) is 5.75 Å². The van der Waals surface area contributed by atoms with Crippen molar-refractivity contribution >= 4 is 11.6 Å². The van der Waals surface area contributed by atoms with Crippen molar-refractivity contribution in [2.75, 3.05) is 7.11 Å². The summed E-state index contributed by atoms with van der Waals surface area (Å²) in [5, 5.41) is 19.0. The number of Topliss-reactive ketones (excluding diaryl/α,β-unsaturated/α-hetero) is 2. The minimum atomic E-state index is -2.94. The Bertz CT molecular complexity index is 744. The van der Waals surface area contributed by atoms with Crippen molar-refractivity contribution in [1.82, 2.24) is 0 Å². The van der Waals surface area contributed by atoms with Crippen molar-refractivity contribution in [1.29, 1.82) is 0 Å². The number of carbonyl (C=O) groups excluding carboxylic acids is 2. The van der Waals surface area contributed by atoms with E-state index in [-0.39, 0.29) is 11.1 Å². The largest absolute Gasteiger partial charge is 0.497 e. The fourth-order valence-corrected chi connectivity index (χ4v) is 2.37. The van der Waals surface area contributed by atoms with E-state index in [0.717, 1.165) is 5.56 Å². The van der Waals surface area contributed by atoms with Crippen molar-refractivity contribution < 1.29 is 24.5 Å². The van der Waals surface area contributed by atoms with Gasteiger partial charge >= 0.3 is 0 Å². The van der Waals surface area contributed by atoms with Crippen LogP contribution in [0.15, 0.2) is 42.5 Å². The smallest absolute Gasteiger partial charge is 0.295 e. The lowest BCUT2D eigenvalue weighted by Crippen LogP contribution is -2.40. The zero-order chi connectivity index (χ0) is 15.2. The summed E-state index contributed by atoms with van der Waals surface area (Å²) in [5.74, 6) is -4.21. The summed E-state index contributed by atoms with van der Waals surface area (Å²) in [4.78, 5) is 23.6. The Labute approximate surface area is 120 Å². The van der Waals surface area contributed by atoms with Gasteiger partial charge in [-0.25, -0.2) is 0 Å². The van der Waals surface area contributed by atoms with Gasteiger partial charge in [-0.15, -0.1) is 0 Å². The predicted molar refractivity (Wildman–Crippen MR) is 74.3 cm³/mol. The number of hydrogen-bond acceptors (Lipinski definition) is 5. The van der Waals surface area contributed by atoms with Crippen LogP contribution in [0.4, 0.5) is 0 Å². The predicted octanol–water partition coefficient (Wildman–Crippen LogP) is 1.42. The molecule has 2 aromatic rings. The van der Waals surface area contributed by atoms with Crippen LogP contribution in [0.1, 0.15) is 20.7 Å². The van der Waals surface area contributed by atoms with E-state index in [4.69, 9.17) is 4.74 Å². The second-order valence-electron chi connectivity index (χ2n) is 4.82. The van der Waals surface area contributed by atoms with Gasteiger partial charge in [-0.1, -0.05) is 18.2 Å². The molecule has 5 nitrogen and oxygen atoms in total. The highest BCUT2D eigenvalue weighted by Crippen LogP contribution is 2.32. The second kappa shape index (κ2) is 4.51. The minimum absolute atomic E-state index is 0.0262. The summed E-state index contributed by atoms with van der Waals surface area (Å²) in [6.45, 7) is 0. The number of ether oxygens (including phenoxy) is 1. The lowest BCUT2D eigenvalue weighted by Gasteiger charge is -2.08. The Hall–Kier alpha value is -2.50. The van der Waals surface area contributed by atoms with Crippen LogP contribution < -0.4 is 4.74 Å². The van der Waals surface area contributed by atoms with Crippen LogP contribution in [0.2, 0.25) is 0 Å². The van der Waals surface area contributed by atoms with E-state index in [0.29, 0.717) is 11.3 Å². The van der Waals surface area contributed by atoms with Gasteiger partial charge in [-0.2, -0.15) is 0 Å². The van der Waals surface area contributed by atoms with Crippen LogP contribution in [0.5, 0.6) is 5.75 Å². The summed E-state index contributed by atoms with van der Waals surface area (Å²) in [5.41, 5.74) is 1.59. The van der Waals surface area contributed by atoms with E-state index >= 15 is 0 Å². The molecule has 0 atom stereocenters. The van der Waals surface area contributed by atoms with Crippen LogP contribution in [0.3, 0.4) is 0 Å². The maximum Gasteiger partial charge on any atom is 0.295 e. The number of carbonyl (C=O) groups is 2. The monoisotopic (exact) mass is 284 g/mol. The summed E-state index contributed by atoms with van der Waals surface area (Å²) in [7, 11) is 1.57. The molecule has 0 radical (unpaired) electrons. The number of ketones is 2. The van der Waals surface area contributed by atoms with Gasteiger partial charge < -0.3 is 14.9 Å². The second-order valence-corrected chi connectivity index (χ2v) is 4.82. The first-order chi connectivity index (χ1) is 9.95. The highest BCUT2D eigenvalue weighted by molar-refractivity contribution is 6.30. The van der Waals surface area contributed by atoms with Crippen molar-refractivity contribution in [2.24, 2.45) is 0 Å². The van der Waals surface area contributed by atoms with E-state index in [9.17, 15) is 19.8 Å². The Morgan fingerprint density at radius 1 is 0.857 bits per heavy atom. The molecule has 0 aliphatic heterocycles. The Morgan fingerprint density at radius 3 is 2.05 bits per heavy atom. The molecule has 2 aromatic carbocycles. The molecule has 0 spiro atoms. The van der Waals surface area contributed by atoms with Gasteiger partial charge in [0.05, 0.1) is 7.11 Å². The highest BCUT2D eigenvalue weighted by Gasteiger charge is 2.50. The lowest BCUT2D eigenvalue weighted by molar-refractivity contribution is -0.0857. The molecule has 0 unspecified atom stereocenters. The van der Waals surface area contributed by atoms with Gasteiger partial charge in [0.15, 0.2) is 0 Å². The molecule has 0 saturated carbocycles. The van der Waals surface area contributed by atoms with Gasteiger partial charge in [-0.05, 0) is 35.4 Å². The van der Waals surface area contributed by atoms with E-state index < -0.39 is 17.4 Å². The molecule has 0 bridgehead atoms. The molecule has 21 heavy (non-hydrogen) atoms. The number of benzene rings is 2. The third-order valence-corrected chi connectivity index (χ3v) is 3.57. The van der Waals surface area contributed by atoms with Crippen molar-refractivity contribution in [3.05, 3.63) is 53.6 Å². The van der Waals surface area contributed by atoms with Crippen molar-refractivity contribution in [3.8, 4) is 16.9 Å². The molecule has 0 fully saturated rings. The molecule has 2 N–H and O–H groups in total. The van der Waals surface area contributed by atoms with Gasteiger partial charge in [0.25, 0.3) is 5.79 Å². The molecule has 106 valence electrons. The fraction of sp³-hybridized carbons (Fsp3) is 0.125. The summed E-state index contributed by atoms with van der Waals surface area (Å²) in [6, 6.07) is 11.8. The minimum Gasteiger partial charge on any atom is -0.497 e. The standard InChI is InChI=1S/C16H12O5/c1-21-11-5-2-9(3-6-11)10-4-7-12-13(8-10)15(18)16(19,20)14(12)17/h2-8,19-20H,1H3. The lowest BCUT2D eigenvalue weighted by atomic mass is 10.00. The first kappa shape index (κ1) is 13.5. The first-order valence-electron chi connectivity index (χ1n) is 6.28. The van der Waals surface area contributed by atoms with E-state index in [1.165, 1.54) is 12.1 Å². The maximum absolute atomic E-state index is 11.9. The third-order valence-electron chi connectivity index (χ3n) is 3.57. The number of fused-ring (bicyclic) bond motifs is 1. The molecule has 1 aliphatic rings. The van der Waals surface area contributed by atoms with Gasteiger partial charge in [0.2, 0.25) is 11.6 Å². The van der Waals surface area contributed by atoms with Crippen LogP contribution in [-0.4, -0.2) is 34.7 Å².